The molecule has 0 aliphatic heterocycles. The Balaban J connectivity index is 1.83. The van der Waals surface area contributed by atoms with Crippen molar-refractivity contribution in [2.24, 2.45) is 0 Å². The van der Waals surface area contributed by atoms with E-state index in [2.05, 4.69) is 5.92 Å². The number of rotatable bonds is 9. The second-order valence-corrected chi connectivity index (χ2v) is 5.39. The summed E-state index contributed by atoms with van der Waals surface area (Å²) in [7, 11) is 0. The van der Waals surface area contributed by atoms with Crippen LogP contribution in [-0.2, 0) is 19.7 Å². The number of hydrogen-bond donors (Lipinski definition) is 0. The molecule has 5 heteroatoms. The van der Waals surface area contributed by atoms with Gasteiger partial charge >= 0.3 is 11.4 Å². The summed E-state index contributed by atoms with van der Waals surface area (Å²) in [6.45, 7) is 0.640. The number of benzene rings is 2. The molecule has 120 valence electrons. The van der Waals surface area contributed by atoms with Crippen LogP contribution in [0.15, 0.2) is 54.6 Å². The zero-order chi connectivity index (χ0) is 16.3. The fourth-order valence-electron chi connectivity index (χ4n) is 1.91. The predicted molar refractivity (Wildman–Crippen MR) is 90.9 cm³/mol. The Morgan fingerprint density at radius 1 is 0.913 bits per heavy atom. The molecule has 4 nitrogen and oxygen atoms in total. The van der Waals surface area contributed by atoms with E-state index in [4.69, 9.17) is 19.5 Å². The first kappa shape index (κ1) is 17.2. The highest BCUT2D eigenvalue weighted by Crippen LogP contribution is 2.29. The maximum Gasteiger partial charge on any atom is 0.304 e. The molecular formula is C18H18O4S. The van der Waals surface area contributed by atoms with Crippen molar-refractivity contribution in [2.45, 2.75) is 6.42 Å². The van der Waals surface area contributed by atoms with Gasteiger partial charge in [0.2, 0.25) is 0 Å². The molecule has 0 aliphatic rings. The third-order valence-corrected chi connectivity index (χ3v) is 3.64. The van der Waals surface area contributed by atoms with E-state index in [9.17, 15) is 4.21 Å². The van der Waals surface area contributed by atoms with E-state index in [1.54, 1.807) is 0 Å². The van der Waals surface area contributed by atoms with Gasteiger partial charge in [0.15, 0.2) is 0 Å². The van der Waals surface area contributed by atoms with E-state index in [1.807, 2.05) is 54.6 Å². The lowest BCUT2D eigenvalue weighted by Crippen LogP contribution is -2.11. The third-order valence-electron chi connectivity index (χ3n) is 2.92. The average Bonchev–Trinajstić information content (AvgIpc) is 2.60. The van der Waals surface area contributed by atoms with Crippen molar-refractivity contribution in [3.63, 3.8) is 0 Å². The minimum atomic E-state index is -1.80. The first-order chi connectivity index (χ1) is 11.3. The first-order valence-electron chi connectivity index (χ1n) is 7.20. The lowest BCUT2D eigenvalue weighted by Gasteiger charge is -2.11. The summed E-state index contributed by atoms with van der Waals surface area (Å²) in [6.07, 6.45) is 5.47. The Morgan fingerprint density at radius 3 is 2.39 bits per heavy atom. The average molecular weight is 330 g/mol. The van der Waals surface area contributed by atoms with E-state index < -0.39 is 11.4 Å². The summed E-state index contributed by atoms with van der Waals surface area (Å²) in [5.74, 6) is 3.15. The van der Waals surface area contributed by atoms with Crippen LogP contribution in [0.1, 0.15) is 6.42 Å². The first-order valence-corrected chi connectivity index (χ1v) is 8.20. The van der Waals surface area contributed by atoms with Crippen LogP contribution in [0.25, 0.3) is 11.1 Å². The fraction of sp³-hybridized carbons (Fsp3) is 0.222. The number of terminal acetylenes is 1. The number of para-hydroxylation sites is 1. The van der Waals surface area contributed by atoms with Crippen LogP contribution in [0.3, 0.4) is 0 Å². The molecule has 0 bridgehead atoms. The van der Waals surface area contributed by atoms with Gasteiger partial charge in [-0.05, 0) is 11.6 Å². The van der Waals surface area contributed by atoms with Crippen molar-refractivity contribution in [3.05, 3.63) is 54.6 Å². The Morgan fingerprint density at radius 2 is 1.61 bits per heavy atom. The summed E-state index contributed by atoms with van der Waals surface area (Å²) < 4.78 is 27.0. The normalized spacial score (nSPS) is 11.6. The van der Waals surface area contributed by atoms with Crippen molar-refractivity contribution < 1.29 is 17.3 Å². The molecule has 0 aliphatic carbocycles. The van der Waals surface area contributed by atoms with Gasteiger partial charge in [-0.1, -0.05) is 48.5 Å². The van der Waals surface area contributed by atoms with Crippen LogP contribution in [0.5, 0.6) is 5.75 Å². The highest BCUT2D eigenvalue weighted by molar-refractivity contribution is 7.75. The van der Waals surface area contributed by atoms with Gasteiger partial charge in [0, 0.05) is 12.0 Å². The second kappa shape index (κ2) is 9.80. The van der Waals surface area contributed by atoms with Crippen LogP contribution in [0, 0.1) is 12.3 Å². The van der Waals surface area contributed by atoms with Crippen LogP contribution in [-0.4, -0.2) is 24.0 Å². The topological polar surface area (TPSA) is 44.8 Å². The van der Waals surface area contributed by atoms with Gasteiger partial charge in [-0.3, -0.25) is 8.37 Å². The maximum absolute atomic E-state index is 11.4. The van der Waals surface area contributed by atoms with Gasteiger partial charge in [0.25, 0.3) is 0 Å². The molecule has 2 rings (SSSR count). The monoisotopic (exact) mass is 330 g/mol. The molecule has 23 heavy (non-hydrogen) atoms. The molecule has 0 amide bonds. The molecule has 2 aromatic carbocycles. The van der Waals surface area contributed by atoms with E-state index >= 15 is 0 Å². The molecule has 0 saturated heterocycles. The summed E-state index contributed by atoms with van der Waals surface area (Å²) in [5.41, 5.74) is 2.07. The molecule has 1 unspecified atom stereocenters. The lowest BCUT2D eigenvalue weighted by molar-refractivity contribution is 0.201. The molecule has 2 aromatic rings. The van der Waals surface area contributed by atoms with Gasteiger partial charge in [-0.2, -0.15) is 4.21 Å². The lowest BCUT2D eigenvalue weighted by atomic mass is 10.1. The van der Waals surface area contributed by atoms with Gasteiger partial charge in [-0.25, -0.2) is 0 Å². The molecule has 1 atom stereocenters. The molecule has 0 N–H and O–H groups in total. The molecule has 0 radical (unpaired) electrons. The van der Waals surface area contributed by atoms with Crippen molar-refractivity contribution in [2.75, 3.05) is 19.8 Å². The summed E-state index contributed by atoms with van der Waals surface area (Å²) in [5, 5.41) is 0. The van der Waals surface area contributed by atoms with Crippen LogP contribution in [0.2, 0.25) is 0 Å². The molecule has 0 aromatic heterocycles. The maximum atomic E-state index is 11.4. The predicted octanol–water partition coefficient (Wildman–Crippen LogP) is 3.37. The van der Waals surface area contributed by atoms with Crippen molar-refractivity contribution in [1.29, 1.82) is 0 Å². The number of ether oxygens (including phenoxy) is 1. The third kappa shape index (κ3) is 5.87. The summed E-state index contributed by atoms with van der Waals surface area (Å²) in [6, 6.07) is 17.7. The Kier molecular flexibility index (Phi) is 7.34. The van der Waals surface area contributed by atoms with Crippen molar-refractivity contribution in [1.82, 2.24) is 0 Å². The van der Waals surface area contributed by atoms with Gasteiger partial charge in [0.1, 0.15) is 19.0 Å². The van der Waals surface area contributed by atoms with E-state index in [1.165, 1.54) is 0 Å². The van der Waals surface area contributed by atoms with E-state index in [0.29, 0.717) is 6.42 Å². The smallest absolute Gasteiger partial charge is 0.304 e. The summed E-state index contributed by atoms with van der Waals surface area (Å²) >= 11 is -1.80. The van der Waals surface area contributed by atoms with E-state index in [0.717, 1.165) is 16.9 Å². The van der Waals surface area contributed by atoms with E-state index in [-0.39, 0.29) is 19.8 Å². The van der Waals surface area contributed by atoms with Crippen molar-refractivity contribution >= 4 is 11.4 Å². The van der Waals surface area contributed by atoms with Gasteiger partial charge < -0.3 is 4.74 Å². The standard InChI is InChI=1S/C18H18O4S/c1-2-3-13-21-23(19)22-15-14-20-18-12-8-7-11-17(18)16-9-5-4-6-10-16/h1,4-12H,3,13-15H2. The zero-order valence-corrected chi connectivity index (χ0v) is 13.5. The Bertz CT molecular complexity index is 664. The largest absolute Gasteiger partial charge is 0.490 e. The molecule has 0 fully saturated rings. The molecule has 0 saturated carbocycles. The van der Waals surface area contributed by atoms with Crippen molar-refractivity contribution in [3.8, 4) is 29.2 Å². The second-order valence-electron chi connectivity index (χ2n) is 4.51. The highest BCUT2D eigenvalue weighted by Gasteiger charge is 2.06. The Hall–Kier alpha value is -2.13. The fourth-order valence-corrected chi connectivity index (χ4v) is 2.40. The van der Waals surface area contributed by atoms with Crippen LogP contribution >= 0.6 is 0 Å². The van der Waals surface area contributed by atoms with Gasteiger partial charge in [0.05, 0.1) is 6.61 Å². The SMILES string of the molecule is C#CCCOS(=O)OCCOc1ccccc1-c1ccccc1. The minimum absolute atomic E-state index is 0.159. The minimum Gasteiger partial charge on any atom is -0.490 e. The van der Waals surface area contributed by atoms with Crippen LogP contribution < -0.4 is 4.74 Å². The molecule has 0 spiro atoms. The Labute approximate surface area is 139 Å². The van der Waals surface area contributed by atoms with Gasteiger partial charge in [-0.15, -0.1) is 12.3 Å². The molecular weight excluding hydrogens is 312 g/mol. The molecule has 0 heterocycles. The summed E-state index contributed by atoms with van der Waals surface area (Å²) in [4.78, 5) is 0. The zero-order valence-electron chi connectivity index (χ0n) is 12.6. The highest BCUT2D eigenvalue weighted by atomic mass is 32.2. The quantitative estimate of drug-likeness (QED) is 0.522. The number of hydrogen-bond acceptors (Lipinski definition) is 4. The van der Waals surface area contributed by atoms with Crippen LogP contribution in [0.4, 0.5) is 0 Å².